The van der Waals surface area contributed by atoms with Crippen molar-refractivity contribution in [1.29, 1.82) is 0 Å². The maximum absolute atomic E-state index is 11.8. The Balaban J connectivity index is 2.10. The van der Waals surface area contributed by atoms with Gasteiger partial charge in [0.1, 0.15) is 0 Å². The van der Waals surface area contributed by atoms with Crippen molar-refractivity contribution in [2.24, 2.45) is 5.10 Å². The van der Waals surface area contributed by atoms with Crippen LogP contribution in [0.15, 0.2) is 34.7 Å². The summed E-state index contributed by atoms with van der Waals surface area (Å²) in [5.41, 5.74) is 3.07. The third-order valence-electron chi connectivity index (χ3n) is 3.05. The molecule has 0 spiro atoms. The number of hydrogen-bond acceptors (Lipinski definition) is 7. The molecular formula is C17H18N2O5S. The molecule has 7 nitrogen and oxygen atoms in total. The van der Waals surface area contributed by atoms with Crippen LogP contribution in [0, 0.1) is 0 Å². The Morgan fingerprint density at radius 2 is 1.92 bits per heavy atom. The van der Waals surface area contributed by atoms with Crippen molar-refractivity contribution in [3.63, 3.8) is 0 Å². The molecule has 25 heavy (non-hydrogen) atoms. The fourth-order valence-electron chi connectivity index (χ4n) is 2.01. The summed E-state index contributed by atoms with van der Waals surface area (Å²) in [5, 5.41) is 5.84. The molecular weight excluding hydrogens is 344 g/mol. The maximum atomic E-state index is 11.8. The Kier molecular flexibility index (Phi) is 6.53. The Hall–Kier alpha value is -2.87. The molecule has 2 aromatic rings. The highest BCUT2D eigenvalue weighted by Gasteiger charge is 2.15. The largest absolute Gasteiger partial charge is 0.493 e. The summed E-state index contributed by atoms with van der Waals surface area (Å²) in [7, 11) is 2.90. The number of hydrazone groups is 1. The van der Waals surface area contributed by atoms with Crippen LogP contribution in [0.1, 0.15) is 17.4 Å². The molecule has 1 aromatic carbocycles. The predicted octanol–water partition coefficient (Wildman–Crippen LogP) is 2.38. The first-order valence-electron chi connectivity index (χ1n) is 7.32. The number of methoxy groups -OCH3 is 2. The van der Waals surface area contributed by atoms with Crippen LogP contribution in [0.5, 0.6) is 17.2 Å². The van der Waals surface area contributed by atoms with Crippen molar-refractivity contribution in [1.82, 2.24) is 5.43 Å². The zero-order valence-electron chi connectivity index (χ0n) is 14.1. The smallest absolute Gasteiger partial charge is 0.308 e. The highest BCUT2D eigenvalue weighted by Crippen LogP contribution is 2.38. The molecule has 0 fully saturated rings. The lowest BCUT2D eigenvalue weighted by Crippen LogP contribution is -2.19. The van der Waals surface area contributed by atoms with E-state index in [1.54, 1.807) is 12.1 Å². The summed E-state index contributed by atoms with van der Waals surface area (Å²) in [5.74, 6) is 0.131. The van der Waals surface area contributed by atoms with Crippen molar-refractivity contribution in [3.05, 3.63) is 40.1 Å². The zero-order chi connectivity index (χ0) is 18.2. The molecule has 0 saturated heterocycles. The Labute approximate surface area is 149 Å². The Bertz CT molecular complexity index is 746. The van der Waals surface area contributed by atoms with E-state index in [-0.39, 0.29) is 18.1 Å². The van der Waals surface area contributed by atoms with Gasteiger partial charge in [-0.15, -0.1) is 11.3 Å². The van der Waals surface area contributed by atoms with E-state index >= 15 is 0 Å². The second-order valence-corrected chi connectivity index (χ2v) is 5.93. The number of hydrogen-bond donors (Lipinski definition) is 1. The number of rotatable bonds is 7. The number of nitrogens with zero attached hydrogens (tertiary/aromatic N) is 1. The van der Waals surface area contributed by atoms with E-state index in [2.05, 4.69) is 10.5 Å². The van der Waals surface area contributed by atoms with Crippen molar-refractivity contribution in [2.45, 2.75) is 13.3 Å². The number of ether oxygens (including phenoxy) is 3. The quantitative estimate of drug-likeness (QED) is 0.354. The van der Waals surface area contributed by atoms with Crippen LogP contribution in [0.2, 0.25) is 0 Å². The summed E-state index contributed by atoms with van der Waals surface area (Å²) in [6.07, 6.45) is 1.72. The SMILES string of the molecule is COc1cc(/C=N/NC(=O)Cc2cccs2)cc(OC)c1OC(C)=O. The maximum Gasteiger partial charge on any atom is 0.308 e. The number of amides is 1. The molecule has 0 saturated carbocycles. The molecule has 0 radical (unpaired) electrons. The predicted molar refractivity (Wildman–Crippen MR) is 94.6 cm³/mol. The number of esters is 1. The number of nitrogens with one attached hydrogen (secondary N) is 1. The van der Waals surface area contributed by atoms with Crippen LogP contribution in [0.4, 0.5) is 0 Å². The molecule has 132 valence electrons. The average molecular weight is 362 g/mol. The summed E-state index contributed by atoms with van der Waals surface area (Å²) in [4.78, 5) is 24.0. The number of thiophene rings is 1. The molecule has 2 rings (SSSR count). The summed E-state index contributed by atoms with van der Waals surface area (Å²) in [6.45, 7) is 1.29. The molecule has 1 amide bonds. The van der Waals surface area contributed by atoms with Gasteiger partial charge in [-0.3, -0.25) is 9.59 Å². The Morgan fingerprint density at radius 3 is 2.44 bits per heavy atom. The van der Waals surface area contributed by atoms with Crippen molar-refractivity contribution in [3.8, 4) is 17.2 Å². The van der Waals surface area contributed by atoms with E-state index in [0.29, 0.717) is 17.1 Å². The molecule has 0 unspecified atom stereocenters. The fourth-order valence-corrected chi connectivity index (χ4v) is 2.71. The molecule has 0 aliphatic heterocycles. The first kappa shape index (κ1) is 18.5. The average Bonchev–Trinajstić information content (AvgIpc) is 3.08. The van der Waals surface area contributed by atoms with Gasteiger partial charge in [-0.25, -0.2) is 5.43 Å². The van der Waals surface area contributed by atoms with Gasteiger partial charge in [-0.05, 0) is 23.6 Å². The van der Waals surface area contributed by atoms with E-state index in [1.165, 1.54) is 38.7 Å². The minimum absolute atomic E-state index is 0.191. The first-order valence-corrected chi connectivity index (χ1v) is 8.20. The van der Waals surface area contributed by atoms with Gasteiger partial charge >= 0.3 is 5.97 Å². The monoisotopic (exact) mass is 362 g/mol. The van der Waals surface area contributed by atoms with Crippen LogP contribution in [0.25, 0.3) is 0 Å². The van der Waals surface area contributed by atoms with Crippen LogP contribution < -0.4 is 19.6 Å². The third kappa shape index (κ3) is 5.32. The van der Waals surface area contributed by atoms with E-state index in [1.807, 2.05) is 17.5 Å². The lowest BCUT2D eigenvalue weighted by Gasteiger charge is -2.13. The van der Waals surface area contributed by atoms with E-state index < -0.39 is 5.97 Å². The molecule has 1 heterocycles. The molecule has 0 aliphatic rings. The van der Waals surface area contributed by atoms with Crippen LogP contribution in [-0.2, 0) is 16.0 Å². The zero-order valence-corrected chi connectivity index (χ0v) is 14.9. The molecule has 0 atom stereocenters. The third-order valence-corrected chi connectivity index (χ3v) is 3.92. The lowest BCUT2D eigenvalue weighted by molar-refractivity contribution is -0.132. The molecule has 8 heteroatoms. The highest BCUT2D eigenvalue weighted by atomic mass is 32.1. The van der Waals surface area contributed by atoms with E-state index in [0.717, 1.165) is 4.88 Å². The van der Waals surface area contributed by atoms with Crippen LogP contribution in [0.3, 0.4) is 0 Å². The van der Waals surface area contributed by atoms with Gasteiger partial charge < -0.3 is 14.2 Å². The van der Waals surface area contributed by atoms with Gasteiger partial charge in [0.25, 0.3) is 0 Å². The standard InChI is InChI=1S/C17H18N2O5S/c1-11(20)24-17-14(22-2)7-12(8-15(17)23-3)10-18-19-16(21)9-13-5-4-6-25-13/h4-8,10H,9H2,1-3H3,(H,19,21)/b18-10+. The van der Waals surface area contributed by atoms with Crippen LogP contribution >= 0.6 is 11.3 Å². The second-order valence-electron chi connectivity index (χ2n) is 4.90. The number of carbonyl (C=O) groups is 2. The normalized spacial score (nSPS) is 10.5. The van der Waals surface area contributed by atoms with Gasteiger partial charge in [0.05, 0.1) is 26.9 Å². The molecule has 0 bridgehead atoms. The summed E-state index contributed by atoms with van der Waals surface area (Å²) < 4.78 is 15.6. The number of benzene rings is 1. The van der Waals surface area contributed by atoms with E-state index in [4.69, 9.17) is 14.2 Å². The van der Waals surface area contributed by atoms with Crippen molar-refractivity contribution >= 4 is 29.4 Å². The van der Waals surface area contributed by atoms with Crippen LogP contribution in [-0.4, -0.2) is 32.3 Å². The highest BCUT2D eigenvalue weighted by molar-refractivity contribution is 7.10. The molecule has 0 aliphatic carbocycles. The van der Waals surface area contributed by atoms with Gasteiger partial charge in [-0.1, -0.05) is 6.07 Å². The van der Waals surface area contributed by atoms with E-state index in [9.17, 15) is 9.59 Å². The van der Waals surface area contributed by atoms with Gasteiger partial charge in [0.15, 0.2) is 11.5 Å². The number of carbonyl (C=O) groups excluding carboxylic acids is 2. The van der Waals surface area contributed by atoms with Crippen molar-refractivity contribution < 1.29 is 23.8 Å². The van der Waals surface area contributed by atoms with Gasteiger partial charge in [0.2, 0.25) is 11.7 Å². The molecule has 1 N–H and O–H groups in total. The first-order chi connectivity index (χ1) is 12.0. The topological polar surface area (TPSA) is 86.2 Å². The van der Waals surface area contributed by atoms with Gasteiger partial charge in [-0.2, -0.15) is 5.10 Å². The minimum Gasteiger partial charge on any atom is -0.493 e. The summed E-state index contributed by atoms with van der Waals surface area (Å²) in [6, 6.07) is 7.02. The fraction of sp³-hybridized carbons (Fsp3) is 0.235. The molecule has 1 aromatic heterocycles. The lowest BCUT2D eigenvalue weighted by atomic mass is 10.2. The second kappa shape index (κ2) is 8.84. The Morgan fingerprint density at radius 1 is 1.24 bits per heavy atom. The summed E-state index contributed by atoms with van der Waals surface area (Å²) >= 11 is 1.51. The van der Waals surface area contributed by atoms with Gasteiger partial charge in [0, 0.05) is 17.4 Å². The van der Waals surface area contributed by atoms with Crippen molar-refractivity contribution in [2.75, 3.05) is 14.2 Å². The minimum atomic E-state index is -0.487.